The Balaban J connectivity index is 1.55. The van der Waals surface area contributed by atoms with E-state index in [-0.39, 0.29) is 15.9 Å². The number of anilines is 2. The van der Waals surface area contributed by atoms with Crippen LogP contribution in [0.1, 0.15) is 16.1 Å². The fourth-order valence-electron chi connectivity index (χ4n) is 3.06. The number of hydrogen-bond acceptors (Lipinski definition) is 5. The van der Waals surface area contributed by atoms with Gasteiger partial charge >= 0.3 is 0 Å². The number of fused-ring (bicyclic) bond motifs is 1. The fourth-order valence-corrected chi connectivity index (χ4v) is 5.07. The first-order chi connectivity index (χ1) is 14.3. The number of hydrogen-bond donors (Lipinski definition) is 2. The highest BCUT2D eigenvalue weighted by molar-refractivity contribution is 7.93. The van der Waals surface area contributed by atoms with Crippen molar-refractivity contribution in [3.8, 4) is 0 Å². The minimum Gasteiger partial charge on any atom is -0.340 e. The van der Waals surface area contributed by atoms with Crippen LogP contribution >= 0.6 is 22.9 Å². The maximum Gasteiger partial charge on any atom is 0.272 e. The number of nitrogens with zero attached hydrogens (tertiary/aromatic N) is 2. The van der Waals surface area contributed by atoms with Gasteiger partial charge in [0.15, 0.2) is 5.13 Å². The molecule has 0 atom stereocenters. The molecule has 0 aliphatic heterocycles. The molecule has 0 aliphatic carbocycles. The summed E-state index contributed by atoms with van der Waals surface area (Å²) in [6.07, 6.45) is 1.52. The van der Waals surface area contributed by atoms with Crippen LogP contribution in [-0.2, 0) is 17.1 Å². The van der Waals surface area contributed by atoms with Crippen molar-refractivity contribution in [2.75, 3.05) is 10.0 Å². The number of nitrogens with one attached hydrogen (secondary N) is 2. The quantitative estimate of drug-likeness (QED) is 0.453. The molecular weight excluding hydrogens is 444 g/mol. The summed E-state index contributed by atoms with van der Waals surface area (Å²) < 4.78 is 29.0. The van der Waals surface area contributed by atoms with Crippen LogP contribution in [0.25, 0.3) is 10.9 Å². The summed E-state index contributed by atoms with van der Waals surface area (Å²) in [4.78, 5) is 16.8. The van der Waals surface area contributed by atoms with Crippen molar-refractivity contribution in [1.29, 1.82) is 0 Å². The second-order valence-electron chi connectivity index (χ2n) is 6.64. The smallest absolute Gasteiger partial charge is 0.272 e. The maximum absolute atomic E-state index is 12.8. The largest absolute Gasteiger partial charge is 0.340 e. The highest BCUT2D eigenvalue weighted by atomic mass is 35.5. The zero-order valence-electron chi connectivity index (χ0n) is 16.0. The van der Waals surface area contributed by atoms with Gasteiger partial charge in [0.2, 0.25) is 0 Å². The van der Waals surface area contributed by atoms with Crippen LogP contribution in [0.4, 0.5) is 10.8 Å². The standard InChI is InChI=1S/C20H17ClN4O3S2/c1-12-3-8-16-15(18(12)21)11-17(25(16)2)19(26)23-13-4-6-14(7-5-13)30(27,28)24-20-22-9-10-29-20/h3-11H,1-2H3,(H,22,24)(H,23,26). The van der Waals surface area contributed by atoms with Crippen LogP contribution < -0.4 is 10.0 Å². The molecule has 10 heteroatoms. The van der Waals surface area contributed by atoms with Crippen molar-refractivity contribution in [3.05, 3.63) is 70.3 Å². The van der Waals surface area contributed by atoms with Gasteiger partial charge in [-0.3, -0.25) is 9.52 Å². The molecule has 2 aromatic carbocycles. The molecule has 0 spiro atoms. The first-order valence-corrected chi connectivity index (χ1v) is 11.6. The van der Waals surface area contributed by atoms with Crippen molar-refractivity contribution >= 4 is 60.6 Å². The van der Waals surface area contributed by atoms with E-state index in [1.54, 1.807) is 23.1 Å². The molecule has 0 aliphatic rings. The average Bonchev–Trinajstić information content (AvgIpc) is 3.33. The van der Waals surface area contributed by atoms with Crippen molar-refractivity contribution < 1.29 is 13.2 Å². The topological polar surface area (TPSA) is 93.1 Å². The first-order valence-electron chi connectivity index (χ1n) is 8.84. The van der Waals surface area contributed by atoms with Crippen LogP contribution in [0.2, 0.25) is 5.02 Å². The predicted octanol–water partition coefficient (Wildman–Crippen LogP) is 4.65. The molecule has 0 radical (unpaired) electrons. The number of carbonyl (C=O) groups excluding carboxylic acids is 1. The van der Waals surface area contributed by atoms with E-state index in [0.29, 0.717) is 16.4 Å². The molecule has 0 fully saturated rings. The number of rotatable bonds is 5. The molecule has 4 rings (SSSR count). The van der Waals surface area contributed by atoms with E-state index in [2.05, 4.69) is 15.0 Å². The van der Waals surface area contributed by atoms with Crippen LogP contribution in [0.15, 0.2) is 58.9 Å². The highest BCUT2D eigenvalue weighted by Crippen LogP contribution is 2.29. The summed E-state index contributed by atoms with van der Waals surface area (Å²) in [6, 6.07) is 11.5. The van der Waals surface area contributed by atoms with Gasteiger partial charge in [-0.05, 0) is 48.9 Å². The number of sulfonamides is 1. The third-order valence-corrected chi connectivity index (χ3v) is 7.34. The first kappa shape index (κ1) is 20.4. The van der Waals surface area contributed by atoms with Gasteiger partial charge in [0.25, 0.3) is 15.9 Å². The molecule has 7 nitrogen and oxygen atoms in total. The second-order valence-corrected chi connectivity index (χ2v) is 9.59. The van der Waals surface area contributed by atoms with Gasteiger partial charge in [-0.15, -0.1) is 11.3 Å². The Morgan fingerprint density at radius 1 is 1.17 bits per heavy atom. The Labute approximate surface area is 182 Å². The third kappa shape index (κ3) is 3.79. The van der Waals surface area contributed by atoms with Crippen molar-refractivity contribution in [3.63, 3.8) is 0 Å². The third-order valence-electron chi connectivity index (χ3n) is 4.66. The van der Waals surface area contributed by atoms with Gasteiger partial charge < -0.3 is 9.88 Å². The lowest BCUT2D eigenvalue weighted by Crippen LogP contribution is -2.16. The second kappa shape index (κ2) is 7.75. The highest BCUT2D eigenvalue weighted by Gasteiger charge is 2.18. The van der Waals surface area contributed by atoms with Crippen LogP contribution in [0, 0.1) is 6.92 Å². The Bertz CT molecular complexity index is 1350. The van der Waals surface area contributed by atoms with E-state index in [4.69, 9.17) is 11.6 Å². The lowest BCUT2D eigenvalue weighted by molar-refractivity contribution is 0.101. The number of benzene rings is 2. The van der Waals surface area contributed by atoms with Gasteiger partial charge in [-0.1, -0.05) is 17.7 Å². The molecule has 2 N–H and O–H groups in total. The summed E-state index contributed by atoms with van der Waals surface area (Å²) in [5.74, 6) is -0.320. The monoisotopic (exact) mass is 460 g/mol. The molecule has 1 amide bonds. The fraction of sp³-hybridized carbons (Fsp3) is 0.100. The summed E-state index contributed by atoms with van der Waals surface area (Å²) in [6.45, 7) is 1.91. The Morgan fingerprint density at radius 2 is 1.90 bits per heavy atom. The van der Waals surface area contributed by atoms with Crippen LogP contribution in [0.3, 0.4) is 0 Å². The molecule has 0 bridgehead atoms. The van der Waals surface area contributed by atoms with E-state index in [0.717, 1.165) is 16.5 Å². The molecule has 0 saturated heterocycles. The molecular formula is C20H17ClN4O3S2. The zero-order chi connectivity index (χ0) is 21.5. The minimum absolute atomic E-state index is 0.0718. The van der Waals surface area contributed by atoms with Crippen molar-refractivity contribution in [2.24, 2.45) is 7.05 Å². The van der Waals surface area contributed by atoms with Gasteiger partial charge in [-0.2, -0.15) is 0 Å². The normalized spacial score (nSPS) is 11.6. The SMILES string of the molecule is Cc1ccc2c(cc(C(=O)Nc3ccc(S(=O)(=O)Nc4nccs4)cc3)n2C)c1Cl. The number of aryl methyl sites for hydroxylation is 2. The zero-order valence-corrected chi connectivity index (χ0v) is 18.4. The molecule has 2 heterocycles. The number of thiazole rings is 1. The molecule has 0 saturated carbocycles. The average molecular weight is 461 g/mol. The van der Waals surface area contributed by atoms with E-state index < -0.39 is 10.0 Å². The summed E-state index contributed by atoms with van der Waals surface area (Å²) >= 11 is 7.56. The number of halogens is 1. The number of carbonyl (C=O) groups is 1. The Hall–Kier alpha value is -2.88. The molecule has 2 aromatic heterocycles. The van der Waals surface area contributed by atoms with Crippen LogP contribution in [-0.4, -0.2) is 23.9 Å². The van der Waals surface area contributed by atoms with Gasteiger partial charge in [0, 0.05) is 35.2 Å². The number of aromatic nitrogens is 2. The molecule has 30 heavy (non-hydrogen) atoms. The summed E-state index contributed by atoms with van der Waals surface area (Å²) in [5, 5.41) is 6.18. The molecule has 0 unspecified atom stereocenters. The minimum atomic E-state index is -3.75. The van der Waals surface area contributed by atoms with E-state index in [9.17, 15) is 13.2 Å². The predicted molar refractivity (Wildman–Crippen MR) is 120 cm³/mol. The number of amides is 1. The van der Waals surface area contributed by atoms with Gasteiger partial charge in [0.05, 0.1) is 9.92 Å². The lowest BCUT2D eigenvalue weighted by Gasteiger charge is -2.09. The van der Waals surface area contributed by atoms with E-state index >= 15 is 0 Å². The van der Waals surface area contributed by atoms with Crippen molar-refractivity contribution in [1.82, 2.24) is 9.55 Å². The molecule has 4 aromatic rings. The Kier molecular flexibility index (Phi) is 5.27. The summed E-state index contributed by atoms with van der Waals surface area (Å²) in [5.41, 5.74) is 2.70. The summed E-state index contributed by atoms with van der Waals surface area (Å²) in [7, 11) is -1.95. The maximum atomic E-state index is 12.8. The Morgan fingerprint density at radius 3 is 2.57 bits per heavy atom. The van der Waals surface area contributed by atoms with E-state index in [1.165, 1.54) is 41.8 Å². The van der Waals surface area contributed by atoms with Crippen LogP contribution in [0.5, 0.6) is 0 Å². The van der Waals surface area contributed by atoms with Crippen molar-refractivity contribution in [2.45, 2.75) is 11.8 Å². The van der Waals surface area contributed by atoms with Gasteiger partial charge in [0.1, 0.15) is 5.69 Å². The lowest BCUT2D eigenvalue weighted by atomic mass is 10.2. The van der Waals surface area contributed by atoms with E-state index in [1.807, 2.05) is 19.1 Å². The van der Waals surface area contributed by atoms with Gasteiger partial charge in [-0.25, -0.2) is 13.4 Å². The molecule has 154 valence electrons.